The van der Waals surface area contributed by atoms with Gasteiger partial charge in [0.25, 0.3) is 0 Å². The average molecular weight is 250 g/mol. The van der Waals surface area contributed by atoms with Crippen molar-refractivity contribution < 1.29 is 22.6 Å². The minimum atomic E-state index is -4.54. The molecule has 1 atom stereocenters. The van der Waals surface area contributed by atoms with E-state index in [9.17, 15) is 13.2 Å². The van der Waals surface area contributed by atoms with Crippen LogP contribution in [0.5, 0.6) is 11.5 Å². The maximum absolute atomic E-state index is 12.8. The third kappa shape index (κ3) is 2.80. The van der Waals surface area contributed by atoms with E-state index in [-0.39, 0.29) is 17.1 Å². The molecular weight excluding hydrogens is 237 g/mol. The predicted octanol–water partition coefficient (Wildman–Crippen LogP) is 1.77. The van der Waals surface area contributed by atoms with Gasteiger partial charge in [0.05, 0.1) is 19.8 Å². The fraction of sp³-hybridized carbons (Fsp3) is 0.400. The third-order valence-electron chi connectivity index (χ3n) is 2.25. The number of hydrazine groups is 1. The van der Waals surface area contributed by atoms with Crippen molar-refractivity contribution in [2.45, 2.75) is 12.2 Å². The lowest BCUT2D eigenvalue weighted by atomic mass is 10.0. The standard InChI is InChI=1S/C10H13F3N2O2/c1-16-6-4-3-5-7(17-2)8(6)9(15-14)10(11,12)13/h3-5,9,15H,14H2,1-2H3. The number of benzene rings is 1. The first-order chi connectivity index (χ1) is 7.95. The van der Waals surface area contributed by atoms with Crippen LogP contribution in [0.1, 0.15) is 11.6 Å². The molecule has 96 valence electrons. The number of methoxy groups -OCH3 is 2. The Bertz CT molecular complexity index is 360. The Kier molecular flexibility index (Phi) is 4.19. The SMILES string of the molecule is COc1cccc(OC)c1C(NN)C(F)(F)F. The first-order valence-corrected chi connectivity index (χ1v) is 4.69. The predicted molar refractivity (Wildman–Crippen MR) is 55.7 cm³/mol. The topological polar surface area (TPSA) is 56.5 Å². The van der Waals surface area contributed by atoms with E-state index in [1.807, 2.05) is 0 Å². The summed E-state index contributed by atoms with van der Waals surface area (Å²) in [5.74, 6) is 5.08. The second-order valence-electron chi connectivity index (χ2n) is 3.22. The van der Waals surface area contributed by atoms with E-state index in [0.717, 1.165) is 0 Å². The van der Waals surface area contributed by atoms with Crippen LogP contribution in [-0.4, -0.2) is 20.4 Å². The molecule has 0 radical (unpaired) electrons. The first kappa shape index (κ1) is 13.6. The van der Waals surface area contributed by atoms with Crippen molar-refractivity contribution in [2.24, 2.45) is 5.84 Å². The van der Waals surface area contributed by atoms with Gasteiger partial charge in [0.15, 0.2) is 0 Å². The van der Waals surface area contributed by atoms with Gasteiger partial charge < -0.3 is 9.47 Å². The van der Waals surface area contributed by atoms with Crippen molar-refractivity contribution in [2.75, 3.05) is 14.2 Å². The Morgan fingerprint density at radius 2 is 1.65 bits per heavy atom. The molecule has 0 saturated heterocycles. The van der Waals surface area contributed by atoms with E-state index in [0.29, 0.717) is 0 Å². The van der Waals surface area contributed by atoms with Crippen LogP contribution in [-0.2, 0) is 0 Å². The number of hydrogen-bond acceptors (Lipinski definition) is 4. The Labute approximate surface area is 96.5 Å². The van der Waals surface area contributed by atoms with Crippen molar-refractivity contribution in [1.82, 2.24) is 5.43 Å². The van der Waals surface area contributed by atoms with Crippen LogP contribution in [0.25, 0.3) is 0 Å². The summed E-state index contributed by atoms with van der Waals surface area (Å²) in [5.41, 5.74) is 1.55. The van der Waals surface area contributed by atoms with Gasteiger partial charge in [-0.15, -0.1) is 0 Å². The van der Waals surface area contributed by atoms with Crippen LogP contribution in [0.4, 0.5) is 13.2 Å². The quantitative estimate of drug-likeness (QED) is 0.631. The molecule has 0 heterocycles. The molecule has 0 bridgehead atoms. The number of ether oxygens (including phenoxy) is 2. The molecule has 17 heavy (non-hydrogen) atoms. The van der Waals surface area contributed by atoms with Crippen molar-refractivity contribution in [3.05, 3.63) is 23.8 Å². The molecule has 0 spiro atoms. The summed E-state index contributed by atoms with van der Waals surface area (Å²) >= 11 is 0. The molecule has 0 aliphatic rings. The summed E-state index contributed by atoms with van der Waals surface area (Å²) in [6.45, 7) is 0. The molecule has 0 aromatic heterocycles. The van der Waals surface area contributed by atoms with Gasteiger partial charge in [0.2, 0.25) is 0 Å². The fourth-order valence-electron chi connectivity index (χ4n) is 1.51. The fourth-order valence-corrected chi connectivity index (χ4v) is 1.51. The third-order valence-corrected chi connectivity index (χ3v) is 2.25. The van der Waals surface area contributed by atoms with Gasteiger partial charge in [0, 0.05) is 0 Å². The molecule has 4 nitrogen and oxygen atoms in total. The van der Waals surface area contributed by atoms with Gasteiger partial charge in [-0.05, 0) is 12.1 Å². The first-order valence-electron chi connectivity index (χ1n) is 4.69. The van der Waals surface area contributed by atoms with Crippen LogP contribution in [0.2, 0.25) is 0 Å². The lowest BCUT2D eigenvalue weighted by Crippen LogP contribution is -2.38. The Balaban J connectivity index is 3.34. The molecule has 7 heteroatoms. The second kappa shape index (κ2) is 5.24. The molecule has 1 rings (SSSR count). The summed E-state index contributed by atoms with van der Waals surface area (Å²) in [6, 6.07) is 2.31. The van der Waals surface area contributed by atoms with Gasteiger partial charge in [-0.25, -0.2) is 5.43 Å². The van der Waals surface area contributed by atoms with E-state index >= 15 is 0 Å². The zero-order valence-electron chi connectivity index (χ0n) is 9.34. The number of halogens is 3. The highest BCUT2D eigenvalue weighted by Gasteiger charge is 2.43. The monoisotopic (exact) mass is 250 g/mol. The summed E-state index contributed by atoms with van der Waals surface area (Å²) in [4.78, 5) is 0. The number of nitrogens with one attached hydrogen (secondary N) is 1. The summed E-state index contributed by atoms with van der Waals surface area (Å²) in [7, 11) is 2.56. The molecule has 1 aromatic rings. The van der Waals surface area contributed by atoms with E-state index in [2.05, 4.69) is 0 Å². The number of hydrogen-bond donors (Lipinski definition) is 2. The van der Waals surface area contributed by atoms with Gasteiger partial charge in [0.1, 0.15) is 17.5 Å². The van der Waals surface area contributed by atoms with Crippen molar-refractivity contribution >= 4 is 0 Å². The largest absolute Gasteiger partial charge is 0.496 e. The van der Waals surface area contributed by atoms with Crippen molar-refractivity contribution in [3.63, 3.8) is 0 Å². The second-order valence-corrected chi connectivity index (χ2v) is 3.22. The van der Waals surface area contributed by atoms with Gasteiger partial charge in [-0.1, -0.05) is 6.07 Å². The molecule has 0 saturated carbocycles. The smallest absolute Gasteiger partial charge is 0.409 e. The molecular formula is C10H13F3N2O2. The van der Waals surface area contributed by atoms with Crippen LogP contribution >= 0.6 is 0 Å². The summed E-state index contributed by atoms with van der Waals surface area (Å²) in [6.07, 6.45) is -4.54. The minimum absolute atomic E-state index is 0.0598. The van der Waals surface area contributed by atoms with Crippen molar-refractivity contribution in [3.8, 4) is 11.5 Å². The zero-order valence-corrected chi connectivity index (χ0v) is 9.34. The van der Waals surface area contributed by atoms with Crippen LogP contribution in [0.15, 0.2) is 18.2 Å². The number of alkyl halides is 3. The van der Waals surface area contributed by atoms with Gasteiger partial charge in [-0.3, -0.25) is 5.84 Å². The Morgan fingerprint density at radius 1 is 1.18 bits per heavy atom. The van der Waals surface area contributed by atoms with Crippen LogP contribution < -0.4 is 20.7 Å². The Hall–Kier alpha value is -1.47. The summed E-state index contributed by atoms with van der Waals surface area (Å²) < 4.78 is 48.1. The highest BCUT2D eigenvalue weighted by molar-refractivity contribution is 5.47. The highest BCUT2D eigenvalue weighted by Crippen LogP contribution is 2.41. The highest BCUT2D eigenvalue weighted by atomic mass is 19.4. The minimum Gasteiger partial charge on any atom is -0.496 e. The number of rotatable bonds is 4. The lowest BCUT2D eigenvalue weighted by molar-refractivity contribution is -0.158. The molecule has 0 amide bonds. The molecule has 0 aliphatic carbocycles. The molecule has 1 unspecified atom stereocenters. The molecule has 1 aromatic carbocycles. The molecule has 3 N–H and O–H groups in total. The summed E-state index contributed by atoms with van der Waals surface area (Å²) in [5, 5.41) is 0. The van der Waals surface area contributed by atoms with Crippen molar-refractivity contribution in [1.29, 1.82) is 0 Å². The normalized spacial score (nSPS) is 13.3. The van der Waals surface area contributed by atoms with Gasteiger partial charge in [-0.2, -0.15) is 13.2 Å². The lowest BCUT2D eigenvalue weighted by Gasteiger charge is -2.23. The van der Waals surface area contributed by atoms with E-state index in [4.69, 9.17) is 15.3 Å². The average Bonchev–Trinajstić information content (AvgIpc) is 2.28. The van der Waals surface area contributed by atoms with E-state index < -0.39 is 12.2 Å². The molecule has 0 fully saturated rings. The van der Waals surface area contributed by atoms with Crippen LogP contribution in [0.3, 0.4) is 0 Å². The van der Waals surface area contributed by atoms with Gasteiger partial charge >= 0.3 is 6.18 Å². The maximum Gasteiger partial charge on any atom is 0.409 e. The van der Waals surface area contributed by atoms with Crippen LogP contribution in [0, 0.1) is 0 Å². The van der Waals surface area contributed by atoms with E-state index in [1.54, 1.807) is 5.43 Å². The zero-order chi connectivity index (χ0) is 13.1. The number of nitrogens with two attached hydrogens (primary N) is 1. The maximum atomic E-state index is 12.8. The Morgan fingerprint density at radius 3 is 1.94 bits per heavy atom. The molecule has 0 aliphatic heterocycles. The van der Waals surface area contributed by atoms with E-state index in [1.165, 1.54) is 32.4 Å².